The Morgan fingerprint density at radius 2 is 1.68 bits per heavy atom. The van der Waals surface area contributed by atoms with Gasteiger partial charge in [-0.2, -0.15) is 4.31 Å². The van der Waals surface area contributed by atoms with E-state index in [1.165, 1.54) is 23.3 Å². The van der Waals surface area contributed by atoms with E-state index in [0.29, 0.717) is 55.8 Å². The molecule has 2 aliphatic rings. The zero-order valence-electron chi connectivity index (χ0n) is 39.1. The number of Topliss-reactive ketones (excluding diaryl/α,β-unsaturated/α-hetero) is 1. The first-order chi connectivity index (χ1) is 33.0. The van der Waals surface area contributed by atoms with Gasteiger partial charge in [-0.25, -0.2) is 13.1 Å². The van der Waals surface area contributed by atoms with Crippen molar-refractivity contribution in [2.45, 2.75) is 95.0 Å². The molecule has 0 bridgehead atoms. The van der Waals surface area contributed by atoms with Crippen molar-refractivity contribution in [3.8, 4) is 10.8 Å². The molecule has 14 nitrogen and oxygen atoms in total. The second kappa shape index (κ2) is 19.5. The maximum atomic E-state index is 14.6. The Hall–Kier alpha value is -5.78. The number of fused-ring (bicyclic) bond motifs is 4. The number of rotatable bonds is 14. The number of aryl methyl sites for hydroxylation is 3. The van der Waals surface area contributed by atoms with Crippen LogP contribution in [0.1, 0.15) is 118 Å². The number of halogens is 2. The summed E-state index contributed by atoms with van der Waals surface area (Å²) in [6.07, 6.45) is 4.06. The molecule has 4 atom stereocenters. The van der Waals surface area contributed by atoms with Crippen LogP contribution in [0.5, 0.6) is 5.75 Å². The molecule has 0 spiro atoms. The summed E-state index contributed by atoms with van der Waals surface area (Å²) >= 11 is 14.7. The lowest BCUT2D eigenvalue weighted by Crippen LogP contribution is -2.26. The molecule has 0 saturated heterocycles. The van der Waals surface area contributed by atoms with Crippen molar-refractivity contribution < 1.29 is 27.9 Å². The molecule has 18 heteroatoms. The number of carbonyl (C=O) groups excluding carboxylic acids is 1. The molecule has 4 heterocycles. The molecule has 0 radical (unpaired) electrons. The third-order valence-corrected chi connectivity index (χ3v) is 17.4. The van der Waals surface area contributed by atoms with Crippen LogP contribution in [0.2, 0.25) is 10.0 Å². The molecule has 1 aliphatic carbocycles. The van der Waals surface area contributed by atoms with Crippen LogP contribution in [0.3, 0.4) is 0 Å². The number of hydrogen-bond donors (Lipinski definition) is 1. The fourth-order valence-electron chi connectivity index (χ4n) is 9.93. The largest absolute Gasteiger partial charge is 0.494 e. The zero-order valence-corrected chi connectivity index (χ0v) is 42.3. The summed E-state index contributed by atoms with van der Waals surface area (Å²) < 4.78 is 38.8. The van der Waals surface area contributed by atoms with Crippen LogP contribution in [0, 0.1) is 26.7 Å². The van der Waals surface area contributed by atoms with Gasteiger partial charge in [-0.3, -0.25) is 19.1 Å². The van der Waals surface area contributed by atoms with E-state index in [-0.39, 0.29) is 41.9 Å². The van der Waals surface area contributed by atoms with Gasteiger partial charge in [-0.15, -0.1) is 26.6 Å². The number of hydrogen-bond acceptors (Lipinski definition) is 11. The molecule has 4 aromatic carbocycles. The van der Waals surface area contributed by atoms with E-state index in [9.17, 15) is 23.1 Å². The van der Waals surface area contributed by atoms with E-state index in [4.69, 9.17) is 32.9 Å². The molecule has 9 rings (SSSR count). The highest BCUT2D eigenvalue weighted by Gasteiger charge is 2.35. The van der Waals surface area contributed by atoms with Gasteiger partial charge in [0.05, 0.1) is 24.1 Å². The highest BCUT2D eigenvalue weighted by Crippen LogP contribution is 2.42. The highest BCUT2D eigenvalue weighted by molar-refractivity contribution is 7.89. The molecule has 1 N–H and O–H groups in total. The first-order valence-corrected chi connectivity index (χ1v) is 25.9. The van der Waals surface area contributed by atoms with Crippen molar-refractivity contribution >= 4 is 73.1 Å². The average molecular weight is 1010 g/mol. The third kappa shape index (κ3) is 9.49. The maximum absolute atomic E-state index is 14.6. The number of nitrogens with zero attached hydrogens (tertiary/aromatic N) is 8. The quantitative estimate of drug-likeness (QED) is 0.103. The fourth-order valence-corrected chi connectivity index (χ4v) is 12.6. The summed E-state index contributed by atoms with van der Waals surface area (Å²) in [6, 6.07) is 22.9. The van der Waals surface area contributed by atoms with E-state index in [1.54, 1.807) is 65.5 Å². The van der Waals surface area contributed by atoms with Gasteiger partial charge >= 0.3 is 5.97 Å². The number of aliphatic imine (C=N–C) groups is 1. The number of sulfonamides is 1. The Kier molecular flexibility index (Phi) is 13.7. The van der Waals surface area contributed by atoms with Gasteiger partial charge in [0.1, 0.15) is 39.4 Å². The van der Waals surface area contributed by atoms with Crippen LogP contribution in [-0.4, -0.2) is 79.2 Å². The van der Waals surface area contributed by atoms with Crippen LogP contribution in [0.25, 0.3) is 16.0 Å². The SMILES string of the molecule is COc1cc(C(CC(=O)O)c2ccc(Cl)c(CN(C)S(=O)(=O)c3ccc(C4CCCC[C@H](C(=O)CC5N=C(c6ccc(Cl)cc6)c6c(sc(C)c6C)-n6c(C)nnc65)C4)cc3)c2)cc2nnn(C)c12. The number of ether oxygens (including phenoxy) is 1. The van der Waals surface area contributed by atoms with Gasteiger partial charge in [0.15, 0.2) is 5.82 Å². The standard InChI is InChI=1S/C51H52Cl2N8O6S2/c1-28-29(2)68-51-47(28)48(32-11-16-38(52)17-12-32)54-43(50-57-55-30(3)61(50)51)26-44(62)35-10-8-7-9-33(21-35)31-13-18-39(19-14-31)69(65,66)59(4)27-37-22-34(15-20-41(37)53)40(25-46(63)64)36-23-42-49(45(24-36)67-6)60(5)58-56-42/h11-20,22-24,33,35,40,43H,7-10,21,25-27H2,1-6H3,(H,63,64)/t33?,35-,40?,43?/m0/s1. The van der Waals surface area contributed by atoms with Crippen molar-refractivity contribution in [1.29, 1.82) is 0 Å². The first kappa shape index (κ1) is 48.3. The number of methoxy groups -OCH3 is 1. The van der Waals surface area contributed by atoms with Gasteiger partial charge in [0.25, 0.3) is 0 Å². The summed E-state index contributed by atoms with van der Waals surface area (Å²) in [7, 11) is 0.780. The van der Waals surface area contributed by atoms with Crippen LogP contribution in [0.15, 0.2) is 88.8 Å². The predicted octanol–water partition coefficient (Wildman–Crippen LogP) is 10.5. The maximum Gasteiger partial charge on any atom is 0.304 e. The molecule has 358 valence electrons. The predicted molar refractivity (Wildman–Crippen MR) is 268 cm³/mol. The lowest BCUT2D eigenvalue weighted by molar-refractivity contribution is -0.137. The Morgan fingerprint density at radius 1 is 0.942 bits per heavy atom. The summed E-state index contributed by atoms with van der Waals surface area (Å²) in [4.78, 5) is 33.4. The number of carboxylic acids is 1. The summed E-state index contributed by atoms with van der Waals surface area (Å²) in [5.41, 5.74) is 7.88. The second-order valence-corrected chi connectivity index (χ2v) is 22.2. The van der Waals surface area contributed by atoms with E-state index >= 15 is 0 Å². The molecule has 1 fully saturated rings. The third-order valence-electron chi connectivity index (χ3n) is 13.7. The van der Waals surface area contributed by atoms with Crippen molar-refractivity contribution in [3.05, 3.63) is 144 Å². The Labute approximate surface area is 415 Å². The lowest BCUT2D eigenvalue weighted by Gasteiger charge is -2.22. The Bertz CT molecular complexity index is 3260. The lowest BCUT2D eigenvalue weighted by atomic mass is 9.84. The number of benzene rings is 4. The van der Waals surface area contributed by atoms with Gasteiger partial charge < -0.3 is 9.84 Å². The second-order valence-electron chi connectivity index (χ2n) is 18.1. The topological polar surface area (TPSA) is 175 Å². The van der Waals surface area contributed by atoms with Crippen molar-refractivity contribution in [2.24, 2.45) is 18.0 Å². The molecular weight excluding hydrogens is 956 g/mol. The van der Waals surface area contributed by atoms with Gasteiger partial charge in [0, 0.05) is 64.9 Å². The number of carboxylic acid groups (broad SMARTS) is 1. The Morgan fingerprint density at radius 3 is 2.41 bits per heavy atom. The van der Waals surface area contributed by atoms with Gasteiger partial charge in [-0.1, -0.05) is 77.7 Å². The zero-order chi connectivity index (χ0) is 48.9. The highest BCUT2D eigenvalue weighted by atomic mass is 35.5. The van der Waals surface area contributed by atoms with Crippen LogP contribution in [0.4, 0.5) is 0 Å². The molecule has 3 unspecified atom stereocenters. The monoisotopic (exact) mass is 1010 g/mol. The minimum absolute atomic E-state index is 0.0524. The molecule has 1 saturated carbocycles. The molecular formula is C51H52Cl2N8O6S2. The van der Waals surface area contributed by atoms with Crippen molar-refractivity contribution in [3.63, 3.8) is 0 Å². The summed E-state index contributed by atoms with van der Waals surface area (Å²) in [6.45, 7) is 6.07. The van der Waals surface area contributed by atoms with Crippen molar-refractivity contribution in [1.82, 2.24) is 34.1 Å². The summed E-state index contributed by atoms with van der Waals surface area (Å²) in [5, 5.41) is 29.4. The normalized spacial score (nSPS) is 17.8. The van der Waals surface area contributed by atoms with E-state index in [2.05, 4.69) is 38.9 Å². The van der Waals surface area contributed by atoms with Crippen LogP contribution in [-0.2, 0) is 33.2 Å². The summed E-state index contributed by atoms with van der Waals surface area (Å²) in [5.74, 6) is 0.207. The van der Waals surface area contributed by atoms with E-state index in [0.717, 1.165) is 64.5 Å². The number of ketones is 1. The minimum Gasteiger partial charge on any atom is -0.494 e. The number of carbonyl (C=O) groups is 2. The molecule has 0 amide bonds. The van der Waals surface area contributed by atoms with E-state index < -0.39 is 28.0 Å². The van der Waals surface area contributed by atoms with E-state index in [1.807, 2.05) is 43.3 Å². The van der Waals surface area contributed by atoms with Gasteiger partial charge in [0.2, 0.25) is 10.0 Å². The van der Waals surface area contributed by atoms with Gasteiger partial charge in [-0.05, 0) is 116 Å². The smallest absolute Gasteiger partial charge is 0.304 e. The first-order valence-electron chi connectivity index (χ1n) is 22.8. The molecule has 3 aromatic heterocycles. The minimum atomic E-state index is -4.00. The van der Waals surface area contributed by atoms with Crippen LogP contribution >= 0.6 is 34.5 Å². The molecule has 69 heavy (non-hydrogen) atoms. The van der Waals surface area contributed by atoms with Crippen LogP contribution < -0.4 is 4.74 Å². The fraction of sp³-hybridized carbons (Fsp3) is 0.353. The molecule has 7 aromatic rings. The molecule has 1 aliphatic heterocycles. The Balaban J connectivity index is 0.924. The number of aliphatic carboxylic acids is 1. The number of aromatic nitrogens is 6. The average Bonchev–Trinajstić information content (AvgIpc) is 3.88. The van der Waals surface area contributed by atoms with Crippen molar-refractivity contribution in [2.75, 3.05) is 14.2 Å². The number of thiophene rings is 1.